The van der Waals surface area contributed by atoms with E-state index in [4.69, 9.17) is 9.72 Å². The minimum atomic E-state index is 0.472. The van der Waals surface area contributed by atoms with Crippen molar-refractivity contribution >= 4 is 17.9 Å². The van der Waals surface area contributed by atoms with Crippen LogP contribution in [0.1, 0.15) is 49.3 Å². The molecule has 0 bridgehead atoms. The minimum absolute atomic E-state index is 0.472. The fourth-order valence-electron chi connectivity index (χ4n) is 3.49. The first-order valence-corrected chi connectivity index (χ1v) is 10.5. The van der Waals surface area contributed by atoms with Gasteiger partial charge in [0, 0.05) is 25.2 Å². The molecular weight excluding hydrogens is 370 g/mol. The van der Waals surface area contributed by atoms with Gasteiger partial charge >= 0.3 is 0 Å². The lowest BCUT2D eigenvalue weighted by Crippen LogP contribution is -2.09. The van der Waals surface area contributed by atoms with E-state index in [2.05, 4.69) is 14.8 Å². The van der Waals surface area contributed by atoms with Crippen LogP contribution in [0.5, 0.6) is 11.6 Å². The predicted octanol–water partition coefficient (Wildman–Crippen LogP) is 5.48. The van der Waals surface area contributed by atoms with Crippen molar-refractivity contribution in [3.8, 4) is 11.6 Å². The number of ether oxygens (including phenoxy) is 1. The number of rotatable bonds is 6. The average Bonchev–Trinajstić information content (AvgIpc) is 3.14. The molecule has 1 fully saturated rings. The zero-order valence-corrected chi connectivity index (χ0v) is 17.1. The van der Waals surface area contributed by atoms with Gasteiger partial charge in [-0.1, -0.05) is 37.5 Å². The van der Waals surface area contributed by atoms with Gasteiger partial charge < -0.3 is 4.74 Å². The van der Waals surface area contributed by atoms with Crippen LogP contribution >= 0.6 is 11.9 Å². The summed E-state index contributed by atoms with van der Waals surface area (Å²) in [4.78, 5) is 10.4. The standard InChI is InChI=1S/C21H25N5OS/c1-15-8-6-7-11-19(15)27-20-12-18(16-9-4-3-5-10-16)23-21(24-20)25-28-17-13-22-26(2)14-17/h6-8,11-14,16H,3-5,9-10H2,1-2H3,(H,23,24,25). The SMILES string of the molecule is Cc1ccccc1Oc1cc(C2CCCCC2)nc(NSc2cnn(C)c2)n1. The molecule has 1 aliphatic rings. The Kier molecular flexibility index (Phi) is 5.81. The number of nitrogens with zero attached hydrogens (tertiary/aromatic N) is 4. The fourth-order valence-corrected chi connectivity index (χ4v) is 4.09. The average molecular weight is 396 g/mol. The molecule has 0 radical (unpaired) electrons. The van der Waals surface area contributed by atoms with Gasteiger partial charge in [-0.15, -0.1) is 0 Å². The molecule has 1 saturated carbocycles. The van der Waals surface area contributed by atoms with E-state index in [1.807, 2.05) is 56.7 Å². The number of anilines is 1. The second-order valence-corrected chi connectivity index (χ2v) is 8.09. The molecule has 0 unspecified atom stereocenters. The van der Waals surface area contributed by atoms with E-state index in [-0.39, 0.29) is 0 Å². The highest BCUT2D eigenvalue weighted by atomic mass is 32.2. The lowest BCUT2D eigenvalue weighted by atomic mass is 9.87. The third kappa shape index (κ3) is 4.65. The summed E-state index contributed by atoms with van der Waals surface area (Å²) in [5.74, 6) is 2.45. The molecule has 0 aliphatic heterocycles. The zero-order valence-electron chi connectivity index (χ0n) is 16.3. The number of para-hydroxylation sites is 1. The van der Waals surface area contributed by atoms with Crippen LogP contribution < -0.4 is 9.46 Å². The second kappa shape index (κ2) is 8.65. The summed E-state index contributed by atoms with van der Waals surface area (Å²) in [7, 11) is 1.90. The van der Waals surface area contributed by atoms with Crippen molar-refractivity contribution in [1.82, 2.24) is 19.7 Å². The van der Waals surface area contributed by atoms with E-state index in [0.717, 1.165) is 21.9 Å². The van der Waals surface area contributed by atoms with Crippen LogP contribution in [0.25, 0.3) is 0 Å². The maximum atomic E-state index is 6.12. The lowest BCUT2D eigenvalue weighted by Gasteiger charge is -2.22. The number of benzene rings is 1. The van der Waals surface area contributed by atoms with Gasteiger partial charge in [0.05, 0.1) is 16.8 Å². The van der Waals surface area contributed by atoms with Crippen LogP contribution in [0, 0.1) is 6.92 Å². The summed E-state index contributed by atoms with van der Waals surface area (Å²) in [5.41, 5.74) is 2.15. The number of hydrogen-bond acceptors (Lipinski definition) is 6. The Labute approximate surface area is 169 Å². The Bertz CT molecular complexity index is 936. The molecule has 0 saturated heterocycles. The van der Waals surface area contributed by atoms with E-state index in [0.29, 0.717) is 17.7 Å². The Balaban J connectivity index is 1.59. The monoisotopic (exact) mass is 395 g/mol. The molecule has 1 N–H and O–H groups in total. The molecule has 7 heteroatoms. The quantitative estimate of drug-likeness (QED) is 0.558. The molecule has 2 aromatic heterocycles. The molecule has 146 valence electrons. The molecule has 0 spiro atoms. The van der Waals surface area contributed by atoms with Crippen LogP contribution in [-0.4, -0.2) is 19.7 Å². The Hall–Kier alpha value is -2.54. The van der Waals surface area contributed by atoms with Gasteiger partial charge in [-0.3, -0.25) is 9.40 Å². The van der Waals surface area contributed by atoms with Gasteiger partial charge in [0.25, 0.3) is 0 Å². The Morgan fingerprint density at radius 2 is 1.96 bits per heavy atom. The van der Waals surface area contributed by atoms with Crippen molar-refractivity contribution in [2.24, 2.45) is 7.05 Å². The van der Waals surface area contributed by atoms with Gasteiger partial charge in [-0.05, 0) is 43.3 Å². The van der Waals surface area contributed by atoms with Crippen molar-refractivity contribution in [3.63, 3.8) is 0 Å². The first kappa shape index (κ1) is 18.8. The van der Waals surface area contributed by atoms with E-state index < -0.39 is 0 Å². The van der Waals surface area contributed by atoms with Gasteiger partial charge in [0.15, 0.2) is 0 Å². The molecule has 1 aliphatic carbocycles. The van der Waals surface area contributed by atoms with Crippen molar-refractivity contribution in [2.45, 2.75) is 49.8 Å². The summed E-state index contributed by atoms with van der Waals surface area (Å²) < 4.78 is 11.2. The topological polar surface area (TPSA) is 64.9 Å². The van der Waals surface area contributed by atoms with E-state index >= 15 is 0 Å². The van der Waals surface area contributed by atoms with Crippen LogP contribution in [0.3, 0.4) is 0 Å². The number of hydrogen-bond donors (Lipinski definition) is 1. The molecule has 0 atom stereocenters. The second-order valence-electron chi connectivity index (χ2n) is 7.21. The lowest BCUT2D eigenvalue weighted by molar-refractivity contribution is 0.427. The van der Waals surface area contributed by atoms with Gasteiger partial charge in [-0.2, -0.15) is 10.1 Å². The minimum Gasteiger partial charge on any atom is -0.439 e. The molecule has 0 amide bonds. The maximum absolute atomic E-state index is 6.12. The molecule has 2 heterocycles. The highest BCUT2D eigenvalue weighted by Gasteiger charge is 2.19. The van der Waals surface area contributed by atoms with Crippen molar-refractivity contribution in [3.05, 3.63) is 54.0 Å². The molecule has 3 aromatic rings. The fraction of sp³-hybridized carbons (Fsp3) is 0.381. The number of nitrogens with one attached hydrogen (secondary N) is 1. The predicted molar refractivity (Wildman–Crippen MR) is 112 cm³/mol. The van der Waals surface area contributed by atoms with E-state index in [1.54, 1.807) is 4.68 Å². The van der Waals surface area contributed by atoms with Crippen molar-refractivity contribution in [1.29, 1.82) is 0 Å². The summed E-state index contributed by atoms with van der Waals surface area (Å²) >= 11 is 1.45. The van der Waals surface area contributed by atoms with Crippen LogP contribution in [0.15, 0.2) is 47.6 Å². The summed E-state index contributed by atoms with van der Waals surface area (Å²) in [6.07, 6.45) is 9.95. The van der Waals surface area contributed by atoms with Gasteiger partial charge in [0.1, 0.15) is 5.75 Å². The van der Waals surface area contributed by atoms with Crippen LogP contribution in [0.4, 0.5) is 5.95 Å². The molecule has 28 heavy (non-hydrogen) atoms. The number of aromatic nitrogens is 4. The molecule has 6 nitrogen and oxygen atoms in total. The van der Waals surface area contributed by atoms with Crippen molar-refractivity contribution in [2.75, 3.05) is 4.72 Å². The zero-order chi connectivity index (χ0) is 19.3. The van der Waals surface area contributed by atoms with Gasteiger partial charge in [-0.25, -0.2) is 4.98 Å². The Morgan fingerprint density at radius 1 is 1.14 bits per heavy atom. The Morgan fingerprint density at radius 3 is 2.71 bits per heavy atom. The first-order valence-electron chi connectivity index (χ1n) is 9.71. The maximum Gasteiger partial charge on any atom is 0.236 e. The first-order chi connectivity index (χ1) is 13.7. The van der Waals surface area contributed by atoms with Crippen LogP contribution in [-0.2, 0) is 7.05 Å². The normalized spacial score (nSPS) is 14.8. The third-order valence-electron chi connectivity index (χ3n) is 5.00. The largest absolute Gasteiger partial charge is 0.439 e. The molecule has 4 rings (SSSR count). The summed E-state index contributed by atoms with van der Waals surface area (Å²) in [6.45, 7) is 2.04. The van der Waals surface area contributed by atoms with E-state index in [1.165, 1.54) is 44.1 Å². The van der Waals surface area contributed by atoms with Gasteiger partial charge in [0.2, 0.25) is 11.8 Å². The van der Waals surface area contributed by atoms with Crippen LogP contribution in [0.2, 0.25) is 0 Å². The molecule has 1 aromatic carbocycles. The number of aryl methyl sites for hydroxylation is 2. The highest BCUT2D eigenvalue weighted by molar-refractivity contribution is 8.00. The smallest absolute Gasteiger partial charge is 0.236 e. The van der Waals surface area contributed by atoms with E-state index in [9.17, 15) is 0 Å². The summed E-state index contributed by atoms with van der Waals surface area (Å²) in [5, 5.41) is 4.19. The molecular formula is C21H25N5OS. The van der Waals surface area contributed by atoms with Crippen molar-refractivity contribution < 1.29 is 4.74 Å². The highest BCUT2D eigenvalue weighted by Crippen LogP contribution is 2.34. The third-order valence-corrected chi connectivity index (χ3v) is 5.73. The summed E-state index contributed by atoms with van der Waals surface area (Å²) in [6, 6.07) is 9.99.